The first-order valence-electron chi connectivity index (χ1n) is 6.08. The van der Waals surface area contributed by atoms with Crippen molar-refractivity contribution in [1.82, 2.24) is 0 Å². The molecule has 2 N–H and O–H groups in total. The van der Waals surface area contributed by atoms with E-state index in [-0.39, 0.29) is 5.54 Å². The number of hydrogen-bond donors (Lipinski definition) is 1. The van der Waals surface area contributed by atoms with E-state index in [2.05, 4.69) is 16.8 Å². The van der Waals surface area contributed by atoms with E-state index in [9.17, 15) is 0 Å². The van der Waals surface area contributed by atoms with Gasteiger partial charge in [0.1, 0.15) is 0 Å². The lowest BCUT2D eigenvalue weighted by atomic mass is 9.86. The van der Waals surface area contributed by atoms with Gasteiger partial charge in [0.05, 0.1) is 0 Å². The summed E-state index contributed by atoms with van der Waals surface area (Å²) in [5.41, 5.74) is 8.08. The van der Waals surface area contributed by atoms with Gasteiger partial charge in [0.2, 0.25) is 0 Å². The molecule has 2 rings (SSSR count). The summed E-state index contributed by atoms with van der Waals surface area (Å²) in [7, 11) is 0. The number of thiophene rings is 1. The fraction of sp³-hybridized carbons (Fsp3) is 0.692. The molecular weight excluding hydrogens is 202 g/mol. The Bertz CT molecular complexity index is 271. The van der Waals surface area contributed by atoms with E-state index >= 15 is 0 Å². The van der Waals surface area contributed by atoms with Crippen molar-refractivity contribution in [3.63, 3.8) is 0 Å². The van der Waals surface area contributed by atoms with Gasteiger partial charge in [-0.1, -0.05) is 25.7 Å². The van der Waals surface area contributed by atoms with E-state index in [4.69, 9.17) is 5.73 Å². The Morgan fingerprint density at radius 3 is 2.53 bits per heavy atom. The maximum absolute atomic E-state index is 6.48. The quantitative estimate of drug-likeness (QED) is 0.776. The molecule has 0 aromatic carbocycles. The Morgan fingerprint density at radius 1 is 1.20 bits per heavy atom. The molecule has 1 aliphatic carbocycles. The molecule has 1 aromatic heterocycles. The fourth-order valence-corrected chi connectivity index (χ4v) is 3.21. The molecule has 15 heavy (non-hydrogen) atoms. The number of aryl methyl sites for hydroxylation is 1. The van der Waals surface area contributed by atoms with E-state index < -0.39 is 0 Å². The number of rotatable bonds is 3. The number of hydrogen-bond acceptors (Lipinski definition) is 2. The summed E-state index contributed by atoms with van der Waals surface area (Å²) >= 11 is 1.79. The van der Waals surface area contributed by atoms with Crippen molar-refractivity contribution in [2.24, 2.45) is 5.73 Å². The Morgan fingerprint density at radius 2 is 1.93 bits per heavy atom. The highest BCUT2D eigenvalue weighted by Crippen LogP contribution is 2.29. The van der Waals surface area contributed by atoms with Gasteiger partial charge in [0.25, 0.3) is 0 Å². The molecule has 0 spiro atoms. The van der Waals surface area contributed by atoms with Crippen LogP contribution in [0.3, 0.4) is 0 Å². The monoisotopic (exact) mass is 223 g/mol. The SMILES string of the molecule is NC1(CCc2ccsc2)CCCCCC1. The summed E-state index contributed by atoms with van der Waals surface area (Å²) in [6.45, 7) is 0. The first-order valence-corrected chi connectivity index (χ1v) is 7.03. The second kappa shape index (κ2) is 5.13. The lowest BCUT2D eigenvalue weighted by Gasteiger charge is -2.27. The van der Waals surface area contributed by atoms with Crippen LogP contribution in [-0.4, -0.2) is 5.54 Å². The average Bonchev–Trinajstić information content (AvgIpc) is 2.65. The predicted octanol–water partition coefficient (Wildman–Crippen LogP) is 3.73. The Hall–Kier alpha value is -0.340. The van der Waals surface area contributed by atoms with E-state index in [1.54, 1.807) is 11.3 Å². The van der Waals surface area contributed by atoms with Gasteiger partial charge in [-0.2, -0.15) is 11.3 Å². The molecule has 0 radical (unpaired) electrons. The summed E-state index contributed by atoms with van der Waals surface area (Å²) in [5.74, 6) is 0. The lowest BCUT2D eigenvalue weighted by molar-refractivity contribution is 0.346. The molecule has 1 heterocycles. The molecule has 1 saturated carbocycles. The van der Waals surface area contributed by atoms with Gasteiger partial charge >= 0.3 is 0 Å². The summed E-state index contributed by atoms with van der Waals surface area (Å²) in [6.07, 6.45) is 10.2. The third-order valence-electron chi connectivity index (χ3n) is 3.59. The normalized spacial score (nSPS) is 21.1. The molecule has 1 nitrogen and oxygen atoms in total. The molecule has 2 heteroatoms. The van der Waals surface area contributed by atoms with Crippen LogP contribution in [0, 0.1) is 0 Å². The lowest BCUT2D eigenvalue weighted by Crippen LogP contribution is -2.39. The molecule has 84 valence electrons. The van der Waals surface area contributed by atoms with Crippen molar-refractivity contribution < 1.29 is 0 Å². The largest absolute Gasteiger partial charge is 0.325 e. The van der Waals surface area contributed by atoms with Crippen LogP contribution < -0.4 is 5.73 Å². The molecule has 1 aromatic rings. The van der Waals surface area contributed by atoms with Gasteiger partial charge < -0.3 is 5.73 Å². The predicted molar refractivity (Wildman–Crippen MR) is 67.3 cm³/mol. The van der Waals surface area contributed by atoms with Gasteiger partial charge in [0, 0.05) is 5.54 Å². The number of nitrogens with two attached hydrogens (primary N) is 1. The molecule has 0 atom stereocenters. The van der Waals surface area contributed by atoms with Crippen molar-refractivity contribution in [1.29, 1.82) is 0 Å². The van der Waals surface area contributed by atoms with Crippen LogP contribution in [0.5, 0.6) is 0 Å². The summed E-state index contributed by atoms with van der Waals surface area (Å²) in [5, 5.41) is 4.41. The first kappa shape index (κ1) is 11.2. The summed E-state index contributed by atoms with van der Waals surface area (Å²) < 4.78 is 0. The maximum Gasteiger partial charge on any atom is 0.0157 e. The summed E-state index contributed by atoms with van der Waals surface area (Å²) in [4.78, 5) is 0. The Labute approximate surface area is 96.7 Å². The van der Waals surface area contributed by atoms with Crippen LogP contribution in [0.2, 0.25) is 0 Å². The molecule has 0 amide bonds. The van der Waals surface area contributed by atoms with Crippen molar-refractivity contribution in [2.45, 2.75) is 56.9 Å². The van der Waals surface area contributed by atoms with Crippen LogP contribution in [0.25, 0.3) is 0 Å². The Balaban J connectivity index is 1.86. The van der Waals surface area contributed by atoms with Gasteiger partial charge in [0.15, 0.2) is 0 Å². The maximum atomic E-state index is 6.48. The minimum Gasteiger partial charge on any atom is -0.325 e. The minimum atomic E-state index is 0.137. The highest BCUT2D eigenvalue weighted by Gasteiger charge is 2.25. The minimum absolute atomic E-state index is 0.137. The molecular formula is C13H21NS. The van der Waals surface area contributed by atoms with Crippen LogP contribution in [-0.2, 0) is 6.42 Å². The van der Waals surface area contributed by atoms with Gasteiger partial charge in [-0.25, -0.2) is 0 Å². The van der Waals surface area contributed by atoms with Crippen molar-refractivity contribution in [3.05, 3.63) is 22.4 Å². The van der Waals surface area contributed by atoms with Crippen LogP contribution >= 0.6 is 11.3 Å². The zero-order chi connectivity index (χ0) is 10.6. The first-order chi connectivity index (χ1) is 7.29. The fourth-order valence-electron chi connectivity index (χ4n) is 2.51. The zero-order valence-corrected chi connectivity index (χ0v) is 10.2. The molecule has 1 fully saturated rings. The van der Waals surface area contributed by atoms with Crippen molar-refractivity contribution >= 4 is 11.3 Å². The van der Waals surface area contributed by atoms with Crippen LogP contribution in [0.4, 0.5) is 0 Å². The summed E-state index contributed by atoms with van der Waals surface area (Å²) in [6, 6.07) is 2.23. The highest BCUT2D eigenvalue weighted by molar-refractivity contribution is 7.07. The van der Waals surface area contributed by atoms with Crippen LogP contribution in [0.15, 0.2) is 16.8 Å². The Kier molecular flexibility index (Phi) is 3.81. The third kappa shape index (κ3) is 3.32. The standard InChI is InChI=1S/C13H21NS/c14-13(7-3-1-2-4-8-13)9-5-12-6-10-15-11-12/h6,10-11H,1-5,7-9,14H2. The van der Waals surface area contributed by atoms with Gasteiger partial charge in [-0.05, 0) is 48.1 Å². The molecule has 0 bridgehead atoms. The molecule has 1 aliphatic rings. The van der Waals surface area contributed by atoms with Crippen molar-refractivity contribution in [3.8, 4) is 0 Å². The molecule has 0 aliphatic heterocycles. The van der Waals surface area contributed by atoms with E-state index in [1.807, 2.05) is 0 Å². The molecule has 0 unspecified atom stereocenters. The average molecular weight is 223 g/mol. The van der Waals surface area contributed by atoms with E-state index in [0.29, 0.717) is 0 Å². The van der Waals surface area contributed by atoms with Gasteiger partial charge in [-0.3, -0.25) is 0 Å². The van der Waals surface area contributed by atoms with Crippen molar-refractivity contribution in [2.75, 3.05) is 0 Å². The van der Waals surface area contributed by atoms with E-state index in [1.165, 1.54) is 56.9 Å². The zero-order valence-electron chi connectivity index (χ0n) is 9.37. The topological polar surface area (TPSA) is 26.0 Å². The third-order valence-corrected chi connectivity index (χ3v) is 4.32. The van der Waals surface area contributed by atoms with Gasteiger partial charge in [-0.15, -0.1) is 0 Å². The molecule has 0 saturated heterocycles. The smallest absolute Gasteiger partial charge is 0.0157 e. The second-order valence-corrected chi connectivity index (χ2v) is 5.69. The van der Waals surface area contributed by atoms with E-state index in [0.717, 1.165) is 0 Å². The second-order valence-electron chi connectivity index (χ2n) is 4.91. The highest BCUT2D eigenvalue weighted by atomic mass is 32.1. The van der Waals surface area contributed by atoms with Crippen LogP contribution in [0.1, 0.15) is 50.5 Å².